The van der Waals surface area contributed by atoms with E-state index in [9.17, 15) is 5.11 Å². The van der Waals surface area contributed by atoms with Crippen LogP contribution in [0.1, 0.15) is 11.1 Å². The quantitative estimate of drug-likeness (QED) is 0.754. The van der Waals surface area contributed by atoms with Crippen LogP contribution in [0.5, 0.6) is 17.2 Å². The molecule has 2 heterocycles. The van der Waals surface area contributed by atoms with Crippen LogP contribution >= 0.6 is 0 Å². The molecule has 0 atom stereocenters. The van der Waals surface area contributed by atoms with E-state index in [4.69, 9.17) is 14.2 Å². The lowest BCUT2D eigenvalue weighted by atomic mass is 9.82. The molecule has 1 saturated heterocycles. The van der Waals surface area contributed by atoms with Crippen LogP contribution < -0.4 is 9.47 Å². The zero-order chi connectivity index (χ0) is 18.3. The molecule has 3 aromatic rings. The van der Waals surface area contributed by atoms with Crippen LogP contribution in [0.4, 0.5) is 0 Å². The summed E-state index contributed by atoms with van der Waals surface area (Å²) in [5, 5.41) is 9.80. The summed E-state index contributed by atoms with van der Waals surface area (Å²) in [5.41, 5.74) is 3.95. The van der Waals surface area contributed by atoms with Gasteiger partial charge < -0.3 is 19.3 Å². The number of fused-ring (bicyclic) bond motifs is 4. The summed E-state index contributed by atoms with van der Waals surface area (Å²) in [5.74, 6) is 1.73. The van der Waals surface area contributed by atoms with Crippen molar-refractivity contribution < 1.29 is 19.3 Å². The van der Waals surface area contributed by atoms with Gasteiger partial charge in [-0.3, -0.25) is 0 Å². The van der Waals surface area contributed by atoms with Gasteiger partial charge in [0.1, 0.15) is 17.2 Å². The van der Waals surface area contributed by atoms with E-state index in [1.807, 2.05) is 30.3 Å². The first kappa shape index (κ1) is 16.2. The minimum absolute atomic E-state index is 0.202. The Morgan fingerprint density at radius 1 is 0.926 bits per heavy atom. The maximum atomic E-state index is 9.80. The molecule has 3 aromatic carbocycles. The van der Waals surface area contributed by atoms with Gasteiger partial charge in [-0.25, -0.2) is 0 Å². The van der Waals surface area contributed by atoms with E-state index in [1.54, 1.807) is 12.1 Å². The van der Waals surface area contributed by atoms with Gasteiger partial charge in [0.2, 0.25) is 0 Å². The predicted molar refractivity (Wildman–Crippen MR) is 102 cm³/mol. The first-order valence-corrected chi connectivity index (χ1v) is 9.15. The van der Waals surface area contributed by atoms with Gasteiger partial charge in [0.15, 0.2) is 5.60 Å². The van der Waals surface area contributed by atoms with E-state index < -0.39 is 5.60 Å². The summed E-state index contributed by atoms with van der Waals surface area (Å²) in [7, 11) is 0. The van der Waals surface area contributed by atoms with Gasteiger partial charge >= 0.3 is 0 Å². The van der Waals surface area contributed by atoms with Crippen molar-refractivity contribution >= 4 is 0 Å². The topological polar surface area (TPSA) is 47.9 Å². The fourth-order valence-corrected chi connectivity index (χ4v) is 3.74. The molecule has 0 aromatic heterocycles. The summed E-state index contributed by atoms with van der Waals surface area (Å²) in [6.45, 7) is 1.63. The van der Waals surface area contributed by atoms with E-state index >= 15 is 0 Å². The van der Waals surface area contributed by atoms with E-state index in [2.05, 4.69) is 24.3 Å². The second kappa shape index (κ2) is 6.32. The second-order valence-electron chi connectivity index (χ2n) is 7.06. The van der Waals surface area contributed by atoms with Crippen LogP contribution in [0.3, 0.4) is 0 Å². The molecule has 1 fully saturated rings. The van der Waals surface area contributed by atoms with Gasteiger partial charge in [-0.15, -0.1) is 0 Å². The summed E-state index contributed by atoms with van der Waals surface area (Å²) in [6.07, 6.45) is 0.866. The molecule has 0 aliphatic carbocycles. The third-order valence-corrected chi connectivity index (χ3v) is 5.22. The molecule has 0 amide bonds. The summed E-state index contributed by atoms with van der Waals surface area (Å²) in [6, 6.07) is 21.7. The standard InChI is InChI=1S/C23H20O4/c24-17-6-8-20-19-9-7-18(26-11-10-16-4-2-1-3-5-16)13-21(19)23(14-25-15-23)27-22(20)12-17/h1-9,12-13,24H,10-11,14-15H2. The van der Waals surface area contributed by atoms with Crippen molar-refractivity contribution in [1.82, 2.24) is 0 Å². The van der Waals surface area contributed by atoms with E-state index in [0.717, 1.165) is 28.9 Å². The molecule has 0 unspecified atom stereocenters. The Morgan fingerprint density at radius 3 is 2.52 bits per heavy atom. The minimum atomic E-state index is -0.491. The molecule has 136 valence electrons. The normalized spacial score (nSPS) is 16.0. The van der Waals surface area contributed by atoms with Gasteiger partial charge in [0, 0.05) is 23.6 Å². The van der Waals surface area contributed by atoms with Gasteiger partial charge in [0.25, 0.3) is 0 Å². The van der Waals surface area contributed by atoms with E-state index in [1.165, 1.54) is 5.56 Å². The summed E-state index contributed by atoms with van der Waals surface area (Å²) >= 11 is 0. The lowest BCUT2D eigenvalue weighted by molar-refractivity contribution is -0.169. The van der Waals surface area contributed by atoms with E-state index in [0.29, 0.717) is 25.6 Å². The molecule has 2 aliphatic rings. The third kappa shape index (κ3) is 2.82. The van der Waals surface area contributed by atoms with Crippen LogP contribution in [0.2, 0.25) is 0 Å². The molecule has 27 heavy (non-hydrogen) atoms. The third-order valence-electron chi connectivity index (χ3n) is 5.22. The van der Waals surface area contributed by atoms with Crippen LogP contribution in [-0.4, -0.2) is 24.9 Å². The first-order valence-electron chi connectivity index (χ1n) is 9.15. The molecule has 4 heteroatoms. The molecule has 0 radical (unpaired) electrons. The average Bonchev–Trinajstić information content (AvgIpc) is 2.66. The van der Waals surface area contributed by atoms with Crippen molar-refractivity contribution in [3.8, 4) is 28.4 Å². The zero-order valence-corrected chi connectivity index (χ0v) is 14.9. The number of hydrogen-bond acceptors (Lipinski definition) is 4. The molecule has 5 rings (SSSR count). The predicted octanol–water partition coefficient (Wildman–Crippen LogP) is 4.30. The summed E-state index contributed by atoms with van der Waals surface area (Å²) in [4.78, 5) is 0. The highest BCUT2D eigenvalue weighted by Crippen LogP contribution is 2.50. The molecule has 4 nitrogen and oxygen atoms in total. The SMILES string of the molecule is Oc1ccc2c(c1)OC1(COC1)c1cc(OCCc3ccccc3)ccc1-2. The van der Waals surface area contributed by atoms with Gasteiger partial charge in [-0.1, -0.05) is 36.4 Å². The van der Waals surface area contributed by atoms with Crippen molar-refractivity contribution in [1.29, 1.82) is 0 Å². The smallest absolute Gasteiger partial charge is 0.181 e. The number of ether oxygens (including phenoxy) is 3. The van der Waals surface area contributed by atoms with Gasteiger partial charge in [-0.2, -0.15) is 0 Å². The Hall–Kier alpha value is -2.98. The molecule has 0 saturated carbocycles. The molecule has 1 spiro atoms. The first-order chi connectivity index (χ1) is 13.2. The fraction of sp³-hybridized carbons (Fsp3) is 0.217. The lowest BCUT2D eigenvalue weighted by Crippen LogP contribution is -2.53. The summed E-state index contributed by atoms with van der Waals surface area (Å²) < 4.78 is 17.7. The van der Waals surface area contributed by atoms with Crippen molar-refractivity contribution in [2.45, 2.75) is 12.0 Å². The largest absolute Gasteiger partial charge is 0.508 e. The molecule has 0 bridgehead atoms. The molecular formula is C23H20O4. The minimum Gasteiger partial charge on any atom is -0.508 e. The van der Waals surface area contributed by atoms with Crippen LogP contribution in [0, 0.1) is 0 Å². The van der Waals surface area contributed by atoms with Crippen molar-refractivity contribution in [3.05, 3.63) is 77.9 Å². The molecule has 2 aliphatic heterocycles. The van der Waals surface area contributed by atoms with Gasteiger partial charge in [0.05, 0.1) is 19.8 Å². The zero-order valence-electron chi connectivity index (χ0n) is 14.9. The maximum Gasteiger partial charge on any atom is 0.181 e. The van der Waals surface area contributed by atoms with Crippen LogP contribution in [0.25, 0.3) is 11.1 Å². The number of rotatable bonds is 4. The molecule has 1 N–H and O–H groups in total. The Balaban J connectivity index is 1.43. The Labute approximate surface area is 157 Å². The highest BCUT2D eigenvalue weighted by molar-refractivity contribution is 5.78. The van der Waals surface area contributed by atoms with Crippen molar-refractivity contribution in [2.24, 2.45) is 0 Å². The second-order valence-corrected chi connectivity index (χ2v) is 7.06. The number of aromatic hydroxyl groups is 1. The average molecular weight is 360 g/mol. The fourth-order valence-electron chi connectivity index (χ4n) is 3.74. The number of hydrogen-bond donors (Lipinski definition) is 1. The molecular weight excluding hydrogens is 340 g/mol. The van der Waals surface area contributed by atoms with Crippen molar-refractivity contribution in [2.75, 3.05) is 19.8 Å². The monoisotopic (exact) mass is 360 g/mol. The lowest BCUT2D eigenvalue weighted by Gasteiger charge is -2.45. The van der Waals surface area contributed by atoms with Crippen LogP contribution in [-0.2, 0) is 16.8 Å². The number of phenols is 1. The Kier molecular flexibility index (Phi) is 3.80. The van der Waals surface area contributed by atoms with Crippen LogP contribution in [0.15, 0.2) is 66.7 Å². The highest BCUT2D eigenvalue weighted by atomic mass is 16.6. The number of benzene rings is 3. The number of phenolic OH excluding ortho intramolecular Hbond substituents is 1. The maximum absolute atomic E-state index is 9.80. The Bertz CT molecular complexity index is 977. The van der Waals surface area contributed by atoms with Crippen molar-refractivity contribution in [3.63, 3.8) is 0 Å². The highest BCUT2D eigenvalue weighted by Gasteiger charge is 2.47. The van der Waals surface area contributed by atoms with E-state index in [-0.39, 0.29) is 5.75 Å². The van der Waals surface area contributed by atoms with Gasteiger partial charge in [-0.05, 0) is 35.4 Å². The Morgan fingerprint density at radius 2 is 1.74 bits per heavy atom.